The molecule has 0 heterocycles. The van der Waals surface area contributed by atoms with Crippen molar-refractivity contribution in [1.82, 2.24) is 5.32 Å². The summed E-state index contributed by atoms with van der Waals surface area (Å²) in [7, 11) is 0. The van der Waals surface area contributed by atoms with Crippen LogP contribution in [0.4, 0.5) is 5.69 Å². The van der Waals surface area contributed by atoms with Gasteiger partial charge in [-0.3, -0.25) is 14.9 Å². The molecule has 0 aromatic heterocycles. The average Bonchev–Trinajstić information content (AvgIpc) is 2.42. The normalized spacial score (nSPS) is 10.3. The molecule has 6 nitrogen and oxygen atoms in total. The van der Waals surface area contributed by atoms with Gasteiger partial charge in [0.1, 0.15) is 0 Å². The first kappa shape index (κ1) is 16.6. The molecule has 110 valence electrons. The van der Waals surface area contributed by atoms with Crippen LogP contribution in [0.1, 0.15) is 36.0 Å². The molecule has 1 amide bonds. The number of nitrogens with zero attached hydrogens (tertiary/aromatic N) is 1. The highest BCUT2D eigenvalue weighted by Gasteiger charge is 2.15. The number of aliphatic hydroxyl groups is 1. The van der Waals surface area contributed by atoms with Gasteiger partial charge in [-0.1, -0.05) is 12.8 Å². The maximum atomic E-state index is 11.8. The van der Waals surface area contributed by atoms with Crippen molar-refractivity contribution in [3.63, 3.8) is 0 Å². The Morgan fingerprint density at radius 1 is 1.30 bits per heavy atom. The number of amides is 1. The zero-order chi connectivity index (χ0) is 15.0. The van der Waals surface area contributed by atoms with Crippen molar-refractivity contribution in [3.8, 4) is 0 Å². The number of benzene rings is 1. The molecular weight excluding hydrogens is 328 g/mol. The minimum Gasteiger partial charge on any atom is -0.396 e. The van der Waals surface area contributed by atoms with Crippen LogP contribution in [0.15, 0.2) is 22.7 Å². The summed E-state index contributed by atoms with van der Waals surface area (Å²) < 4.78 is 0.350. The van der Waals surface area contributed by atoms with Gasteiger partial charge in [0.25, 0.3) is 11.6 Å². The van der Waals surface area contributed by atoms with E-state index < -0.39 is 4.92 Å². The van der Waals surface area contributed by atoms with Gasteiger partial charge in [-0.2, -0.15) is 0 Å². The van der Waals surface area contributed by atoms with Gasteiger partial charge in [0.15, 0.2) is 0 Å². The number of nitro benzene ring substituents is 1. The van der Waals surface area contributed by atoms with Gasteiger partial charge in [-0.15, -0.1) is 0 Å². The van der Waals surface area contributed by atoms with Gasteiger partial charge in [-0.05, 0) is 40.9 Å². The van der Waals surface area contributed by atoms with Crippen LogP contribution in [0.25, 0.3) is 0 Å². The topological polar surface area (TPSA) is 92.5 Å². The second kappa shape index (κ2) is 8.65. The predicted molar refractivity (Wildman–Crippen MR) is 78.7 cm³/mol. The van der Waals surface area contributed by atoms with Crippen molar-refractivity contribution in [2.45, 2.75) is 25.7 Å². The summed E-state index contributed by atoms with van der Waals surface area (Å²) in [6, 6.07) is 4.29. The third-order valence-corrected chi connectivity index (χ3v) is 3.45. The third kappa shape index (κ3) is 5.26. The number of hydrogen-bond acceptors (Lipinski definition) is 4. The molecule has 0 saturated heterocycles. The lowest BCUT2D eigenvalue weighted by Gasteiger charge is -2.05. The molecule has 1 aromatic carbocycles. The predicted octanol–water partition coefficient (Wildman–Crippen LogP) is 2.64. The Kier molecular flexibility index (Phi) is 7.17. The standard InChI is InChI=1S/C13H17BrN2O4/c14-11-6-5-10(9-12(11)16(19)20)13(18)15-7-3-1-2-4-8-17/h5-6,9,17H,1-4,7-8H2,(H,15,18). The lowest BCUT2D eigenvalue weighted by atomic mass is 10.1. The Hall–Kier alpha value is -1.47. The number of rotatable bonds is 8. The molecule has 0 atom stereocenters. The average molecular weight is 345 g/mol. The number of nitro groups is 1. The molecule has 0 fully saturated rings. The minimum absolute atomic E-state index is 0.124. The van der Waals surface area contributed by atoms with Crippen LogP contribution in [0.3, 0.4) is 0 Å². The Morgan fingerprint density at radius 2 is 2.00 bits per heavy atom. The van der Waals surface area contributed by atoms with Crippen LogP contribution < -0.4 is 5.32 Å². The molecule has 0 radical (unpaired) electrons. The smallest absolute Gasteiger partial charge is 0.284 e. The number of unbranched alkanes of at least 4 members (excludes halogenated alkanes) is 3. The van der Waals surface area contributed by atoms with Crippen LogP contribution in [-0.2, 0) is 0 Å². The Labute approximate surface area is 125 Å². The summed E-state index contributed by atoms with van der Waals surface area (Å²) in [5.74, 6) is -0.317. The van der Waals surface area contributed by atoms with Crippen LogP contribution in [0, 0.1) is 10.1 Å². The number of nitrogens with one attached hydrogen (secondary N) is 1. The zero-order valence-corrected chi connectivity index (χ0v) is 12.6. The van der Waals surface area contributed by atoms with Gasteiger partial charge < -0.3 is 10.4 Å². The maximum Gasteiger partial charge on any atom is 0.284 e. The zero-order valence-electron chi connectivity index (χ0n) is 11.0. The summed E-state index contributed by atoms with van der Waals surface area (Å²) in [5, 5.41) is 22.1. The van der Waals surface area contributed by atoms with Crippen LogP contribution in [0.2, 0.25) is 0 Å². The largest absolute Gasteiger partial charge is 0.396 e. The molecule has 0 saturated carbocycles. The molecule has 20 heavy (non-hydrogen) atoms. The van der Waals surface area contributed by atoms with Crippen molar-refractivity contribution < 1.29 is 14.8 Å². The van der Waals surface area contributed by atoms with Gasteiger partial charge in [0.2, 0.25) is 0 Å². The van der Waals surface area contributed by atoms with E-state index in [1.165, 1.54) is 18.2 Å². The summed E-state index contributed by atoms with van der Waals surface area (Å²) in [6.45, 7) is 0.711. The molecule has 1 aromatic rings. The minimum atomic E-state index is -0.532. The number of hydrogen-bond donors (Lipinski definition) is 2. The molecule has 0 bridgehead atoms. The molecular formula is C13H17BrN2O4. The lowest BCUT2D eigenvalue weighted by molar-refractivity contribution is -0.385. The Bertz CT molecular complexity index is 479. The number of carbonyl (C=O) groups excluding carboxylic acids is 1. The molecule has 0 unspecified atom stereocenters. The Balaban J connectivity index is 2.47. The second-order valence-corrected chi connectivity index (χ2v) is 5.17. The first-order chi connectivity index (χ1) is 9.56. The SMILES string of the molecule is O=C(NCCCCCCO)c1ccc(Br)c([N+](=O)[O-])c1. The molecule has 0 spiro atoms. The number of aliphatic hydroxyl groups excluding tert-OH is 1. The van der Waals surface area contributed by atoms with Crippen LogP contribution in [-0.4, -0.2) is 29.1 Å². The van der Waals surface area contributed by atoms with Crippen LogP contribution in [0.5, 0.6) is 0 Å². The maximum absolute atomic E-state index is 11.8. The van der Waals surface area contributed by atoms with Crippen molar-refractivity contribution >= 4 is 27.5 Å². The molecule has 7 heteroatoms. The molecule has 0 aliphatic heterocycles. The van der Waals surface area contributed by atoms with E-state index >= 15 is 0 Å². The summed E-state index contributed by atoms with van der Waals surface area (Å²) in [6.07, 6.45) is 3.45. The number of halogens is 1. The monoisotopic (exact) mass is 344 g/mol. The van der Waals surface area contributed by atoms with E-state index in [0.717, 1.165) is 25.7 Å². The first-order valence-electron chi connectivity index (χ1n) is 6.39. The fraction of sp³-hybridized carbons (Fsp3) is 0.462. The van der Waals surface area contributed by atoms with E-state index in [0.29, 0.717) is 11.0 Å². The highest BCUT2D eigenvalue weighted by atomic mass is 79.9. The van der Waals surface area contributed by atoms with Gasteiger partial charge in [0, 0.05) is 24.8 Å². The molecule has 2 N–H and O–H groups in total. The fourth-order valence-corrected chi connectivity index (χ4v) is 2.08. The number of carbonyl (C=O) groups is 1. The fourth-order valence-electron chi connectivity index (χ4n) is 1.69. The quantitative estimate of drug-likeness (QED) is 0.430. The van der Waals surface area contributed by atoms with Crippen molar-refractivity contribution in [2.75, 3.05) is 13.2 Å². The van der Waals surface area contributed by atoms with E-state index in [4.69, 9.17) is 5.11 Å². The van der Waals surface area contributed by atoms with E-state index in [-0.39, 0.29) is 23.8 Å². The summed E-state index contributed by atoms with van der Waals surface area (Å²) in [4.78, 5) is 22.1. The van der Waals surface area contributed by atoms with Gasteiger partial charge in [0.05, 0.1) is 9.40 Å². The first-order valence-corrected chi connectivity index (χ1v) is 7.18. The van der Waals surface area contributed by atoms with Crippen molar-refractivity contribution in [1.29, 1.82) is 0 Å². The van der Waals surface area contributed by atoms with E-state index in [1.54, 1.807) is 0 Å². The lowest BCUT2D eigenvalue weighted by Crippen LogP contribution is -2.24. The molecule has 0 aliphatic carbocycles. The van der Waals surface area contributed by atoms with E-state index in [1.807, 2.05) is 0 Å². The van der Waals surface area contributed by atoms with E-state index in [2.05, 4.69) is 21.2 Å². The summed E-state index contributed by atoms with van der Waals surface area (Å²) in [5.41, 5.74) is 0.149. The van der Waals surface area contributed by atoms with E-state index in [9.17, 15) is 14.9 Å². The van der Waals surface area contributed by atoms with Gasteiger partial charge >= 0.3 is 0 Å². The highest BCUT2D eigenvalue weighted by molar-refractivity contribution is 9.10. The molecule has 0 aliphatic rings. The van der Waals surface area contributed by atoms with Gasteiger partial charge in [-0.25, -0.2) is 0 Å². The highest BCUT2D eigenvalue weighted by Crippen LogP contribution is 2.25. The molecule has 1 rings (SSSR count). The third-order valence-electron chi connectivity index (χ3n) is 2.78. The van der Waals surface area contributed by atoms with Crippen LogP contribution >= 0.6 is 15.9 Å². The Morgan fingerprint density at radius 3 is 2.65 bits per heavy atom. The summed E-state index contributed by atoms with van der Waals surface area (Å²) >= 11 is 3.07. The van der Waals surface area contributed by atoms with Crippen molar-refractivity contribution in [3.05, 3.63) is 38.3 Å². The second-order valence-electron chi connectivity index (χ2n) is 4.32. The van der Waals surface area contributed by atoms with Crippen molar-refractivity contribution in [2.24, 2.45) is 0 Å².